The van der Waals surface area contributed by atoms with Crippen LogP contribution in [0.5, 0.6) is 0 Å². The Hall–Kier alpha value is -1.30. The predicted octanol–water partition coefficient (Wildman–Crippen LogP) is 0.760. The molecule has 0 aliphatic carbocycles. The van der Waals surface area contributed by atoms with Crippen molar-refractivity contribution in [1.29, 1.82) is 0 Å². The molecule has 0 radical (unpaired) electrons. The van der Waals surface area contributed by atoms with Gasteiger partial charge in [0.15, 0.2) is 0 Å². The van der Waals surface area contributed by atoms with Crippen LogP contribution in [0.2, 0.25) is 0 Å². The zero-order chi connectivity index (χ0) is 13.6. The lowest BCUT2D eigenvalue weighted by Gasteiger charge is -2.27. The van der Waals surface area contributed by atoms with E-state index in [1.165, 1.54) is 0 Å². The summed E-state index contributed by atoms with van der Waals surface area (Å²) in [6.07, 6.45) is -0.198. The number of hydrogen-bond acceptors (Lipinski definition) is 4. The third kappa shape index (κ3) is 5.86. The fourth-order valence-electron chi connectivity index (χ4n) is 1.56. The average molecular weight is 258 g/mol. The average Bonchev–Trinajstić information content (AvgIpc) is 2.27. The van der Waals surface area contributed by atoms with E-state index in [1.807, 2.05) is 0 Å². The van der Waals surface area contributed by atoms with Gasteiger partial charge >= 0.3 is 6.09 Å². The zero-order valence-electron chi connectivity index (χ0n) is 11.3. The van der Waals surface area contributed by atoms with Crippen LogP contribution in [-0.4, -0.2) is 55.3 Å². The van der Waals surface area contributed by atoms with E-state index in [0.29, 0.717) is 39.3 Å². The van der Waals surface area contributed by atoms with Crippen molar-refractivity contribution in [3.05, 3.63) is 0 Å². The maximum absolute atomic E-state index is 11.7. The first-order chi connectivity index (χ1) is 8.38. The summed E-state index contributed by atoms with van der Waals surface area (Å²) in [6, 6.07) is 0. The molecular formula is C12H22N2O4. The van der Waals surface area contributed by atoms with Gasteiger partial charge in [-0.2, -0.15) is 0 Å². The van der Waals surface area contributed by atoms with E-state index < -0.39 is 11.7 Å². The molecule has 0 bridgehead atoms. The second-order valence-corrected chi connectivity index (χ2v) is 5.17. The second-order valence-electron chi connectivity index (χ2n) is 5.17. The van der Waals surface area contributed by atoms with Crippen molar-refractivity contribution in [1.82, 2.24) is 10.2 Å². The fraction of sp³-hybridized carbons (Fsp3) is 0.833. The Morgan fingerprint density at radius 1 is 1.28 bits per heavy atom. The van der Waals surface area contributed by atoms with Gasteiger partial charge in [0.25, 0.3) is 0 Å². The summed E-state index contributed by atoms with van der Waals surface area (Å²) in [4.78, 5) is 24.8. The van der Waals surface area contributed by atoms with Crippen molar-refractivity contribution in [3.63, 3.8) is 0 Å². The number of carbonyl (C=O) groups is 2. The molecule has 104 valence electrons. The van der Waals surface area contributed by atoms with Crippen LogP contribution in [0.25, 0.3) is 0 Å². The molecular weight excluding hydrogens is 236 g/mol. The van der Waals surface area contributed by atoms with E-state index in [4.69, 9.17) is 9.47 Å². The highest BCUT2D eigenvalue weighted by Crippen LogP contribution is 2.06. The smallest absolute Gasteiger partial charge is 0.407 e. The Balaban J connectivity index is 2.17. The molecule has 6 heteroatoms. The number of nitrogens with one attached hydrogen (secondary N) is 1. The van der Waals surface area contributed by atoms with E-state index >= 15 is 0 Å². The molecule has 1 heterocycles. The third-order valence-corrected chi connectivity index (χ3v) is 2.37. The molecule has 0 aromatic carbocycles. The molecule has 1 aliphatic rings. The van der Waals surface area contributed by atoms with Gasteiger partial charge in [0.2, 0.25) is 5.91 Å². The maximum Gasteiger partial charge on any atom is 0.407 e. The molecule has 18 heavy (non-hydrogen) atoms. The monoisotopic (exact) mass is 258 g/mol. The van der Waals surface area contributed by atoms with Crippen LogP contribution < -0.4 is 5.32 Å². The first kappa shape index (κ1) is 14.8. The number of amides is 2. The molecule has 6 nitrogen and oxygen atoms in total. The van der Waals surface area contributed by atoms with E-state index in [9.17, 15) is 9.59 Å². The lowest BCUT2D eigenvalue weighted by molar-refractivity contribution is -0.135. The van der Waals surface area contributed by atoms with Gasteiger partial charge in [0.05, 0.1) is 13.2 Å². The minimum atomic E-state index is -0.516. The largest absolute Gasteiger partial charge is 0.444 e. The molecule has 0 spiro atoms. The summed E-state index contributed by atoms with van der Waals surface area (Å²) < 4.78 is 10.2. The van der Waals surface area contributed by atoms with Crippen LogP contribution in [0.1, 0.15) is 27.2 Å². The van der Waals surface area contributed by atoms with Gasteiger partial charge in [-0.15, -0.1) is 0 Å². The molecule has 0 atom stereocenters. The van der Waals surface area contributed by atoms with E-state index in [-0.39, 0.29) is 5.91 Å². The number of hydrogen-bond donors (Lipinski definition) is 1. The van der Waals surface area contributed by atoms with Gasteiger partial charge in [-0.25, -0.2) is 4.79 Å². The summed E-state index contributed by atoms with van der Waals surface area (Å²) in [6.45, 7) is 8.13. The van der Waals surface area contributed by atoms with Gasteiger partial charge in [-0.1, -0.05) is 0 Å². The van der Waals surface area contributed by atoms with E-state index in [2.05, 4.69) is 5.32 Å². The lowest BCUT2D eigenvalue weighted by Crippen LogP contribution is -2.42. The van der Waals surface area contributed by atoms with Crippen molar-refractivity contribution in [2.75, 3.05) is 32.8 Å². The van der Waals surface area contributed by atoms with Gasteiger partial charge in [0, 0.05) is 26.1 Å². The Bertz CT molecular complexity index is 293. The Morgan fingerprint density at radius 3 is 2.44 bits per heavy atom. The Morgan fingerprint density at radius 2 is 1.89 bits per heavy atom. The SMILES string of the molecule is CC(C)(C)OC(=O)NCCC(=O)N1CCOCC1. The van der Waals surface area contributed by atoms with Gasteiger partial charge in [-0.3, -0.25) is 4.79 Å². The number of rotatable bonds is 3. The van der Waals surface area contributed by atoms with Crippen LogP contribution in [-0.2, 0) is 14.3 Å². The van der Waals surface area contributed by atoms with Crippen molar-refractivity contribution >= 4 is 12.0 Å². The van der Waals surface area contributed by atoms with Gasteiger partial charge in [-0.05, 0) is 20.8 Å². The molecule has 1 fully saturated rings. The number of nitrogens with zero attached hydrogens (tertiary/aromatic N) is 1. The zero-order valence-corrected chi connectivity index (χ0v) is 11.3. The number of ether oxygens (including phenoxy) is 2. The molecule has 0 saturated carbocycles. The quantitative estimate of drug-likeness (QED) is 0.811. The maximum atomic E-state index is 11.7. The molecule has 1 aliphatic heterocycles. The first-order valence-electron chi connectivity index (χ1n) is 6.21. The van der Waals surface area contributed by atoms with Crippen LogP contribution in [0.4, 0.5) is 4.79 Å². The minimum Gasteiger partial charge on any atom is -0.444 e. The van der Waals surface area contributed by atoms with Crippen molar-refractivity contribution < 1.29 is 19.1 Å². The van der Waals surface area contributed by atoms with Crippen LogP contribution in [0.3, 0.4) is 0 Å². The third-order valence-electron chi connectivity index (χ3n) is 2.37. The number of carbonyl (C=O) groups excluding carboxylic acids is 2. The molecule has 0 aromatic rings. The highest BCUT2D eigenvalue weighted by Gasteiger charge is 2.18. The van der Waals surface area contributed by atoms with Gasteiger partial charge < -0.3 is 19.7 Å². The summed E-state index contributed by atoms with van der Waals surface area (Å²) in [5, 5.41) is 2.57. The number of alkyl carbamates (subject to hydrolysis) is 1. The van der Waals surface area contributed by atoms with Crippen LogP contribution >= 0.6 is 0 Å². The summed E-state index contributed by atoms with van der Waals surface area (Å²) >= 11 is 0. The Labute approximate surface area is 108 Å². The molecule has 2 amide bonds. The van der Waals surface area contributed by atoms with E-state index in [0.717, 1.165) is 0 Å². The molecule has 1 saturated heterocycles. The normalized spacial score (nSPS) is 16.3. The van der Waals surface area contributed by atoms with Crippen LogP contribution in [0, 0.1) is 0 Å². The summed E-state index contributed by atoms with van der Waals surface area (Å²) in [7, 11) is 0. The van der Waals surface area contributed by atoms with Crippen molar-refractivity contribution in [3.8, 4) is 0 Å². The first-order valence-corrected chi connectivity index (χ1v) is 6.21. The minimum absolute atomic E-state index is 0.0364. The summed E-state index contributed by atoms with van der Waals surface area (Å²) in [5.41, 5.74) is -0.516. The molecule has 0 unspecified atom stereocenters. The standard InChI is InChI=1S/C12H22N2O4/c1-12(2,3)18-11(16)13-5-4-10(15)14-6-8-17-9-7-14/h4-9H2,1-3H3,(H,13,16). The molecule has 0 aromatic heterocycles. The van der Waals surface area contributed by atoms with Crippen molar-refractivity contribution in [2.24, 2.45) is 0 Å². The summed E-state index contributed by atoms with van der Waals surface area (Å²) in [5.74, 6) is 0.0364. The predicted molar refractivity (Wildman–Crippen MR) is 66.3 cm³/mol. The topological polar surface area (TPSA) is 67.9 Å². The second kappa shape index (κ2) is 6.58. The van der Waals surface area contributed by atoms with Gasteiger partial charge in [0.1, 0.15) is 5.60 Å². The van der Waals surface area contributed by atoms with Crippen LogP contribution in [0.15, 0.2) is 0 Å². The van der Waals surface area contributed by atoms with E-state index in [1.54, 1.807) is 25.7 Å². The molecule has 1 rings (SSSR count). The molecule has 1 N–H and O–H groups in total. The van der Waals surface area contributed by atoms with Crippen molar-refractivity contribution in [2.45, 2.75) is 32.8 Å². The fourth-order valence-corrected chi connectivity index (χ4v) is 1.56. The highest BCUT2D eigenvalue weighted by molar-refractivity contribution is 5.77. The lowest BCUT2D eigenvalue weighted by atomic mass is 10.2. The highest BCUT2D eigenvalue weighted by atomic mass is 16.6. The number of morpholine rings is 1. The Kier molecular flexibility index (Phi) is 5.40.